The number of ether oxygens (including phenoxy) is 1. The van der Waals surface area contributed by atoms with Crippen LogP contribution >= 0.6 is 0 Å². The minimum absolute atomic E-state index is 0.301. The molecule has 5 nitrogen and oxygen atoms in total. The molecule has 4 heterocycles. The Balaban J connectivity index is 1.77. The average Bonchev–Trinajstić information content (AvgIpc) is 2.45. The molecule has 0 saturated carbocycles. The van der Waals surface area contributed by atoms with Gasteiger partial charge in [-0.2, -0.15) is 0 Å². The highest BCUT2D eigenvalue weighted by atomic mass is 16.5. The lowest BCUT2D eigenvalue weighted by atomic mass is 9.97. The molecule has 0 radical (unpaired) electrons. The number of morpholine rings is 1. The third kappa shape index (κ3) is 1.74. The molecule has 5 rings (SSSR count). The van der Waals surface area contributed by atoms with E-state index in [-0.39, 0.29) is 0 Å². The number of carboxylic acids is 1. The first kappa shape index (κ1) is 11.7. The van der Waals surface area contributed by atoms with Crippen molar-refractivity contribution in [3.05, 3.63) is 36.0 Å². The lowest BCUT2D eigenvalue weighted by Gasteiger charge is -2.48. The molecule has 1 aromatic carbocycles. The molecule has 2 unspecified atom stereocenters. The van der Waals surface area contributed by atoms with Gasteiger partial charge in [-0.3, -0.25) is 4.98 Å². The molecule has 5 heteroatoms. The molecule has 0 spiro atoms. The second kappa shape index (κ2) is 4.18. The Morgan fingerprint density at radius 2 is 2.05 bits per heavy atom. The zero-order chi connectivity index (χ0) is 13.7. The van der Waals surface area contributed by atoms with Crippen LogP contribution in [-0.2, 0) is 4.74 Å². The summed E-state index contributed by atoms with van der Waals surface area (Å²) in [6.07, 6.45) is 3.34. The molecular weight excluding hydrogens is 256 g/mol. The van der Waals surface area contributed by atoms with E-state index in [1.165, 1.54) is 6.20 Å². The first-order valence-corrected chi connectivity index (χ1v) is 6.73. The second-order valence-corrected chi connectivity index (χ2v) is 5.39. The standard InChI is InChI=1S/C15H14N2O3/c18-15(19)12-3-4-16-14-2-1-9(5-13(12)14)17-7-10-6-11(8-17)20-10/h1-5,10-11H,6-8H2,(H,18,19). The summed E-state index contributed by atoms with van der Waals surface area (Å²) in [6.45, 7) is 1.76. The van der Waals surface area contributed by atoms with Gasteiger partial charge in [-0.15, -0.1) is 0 Å². The zero-order valence-electron chi connectivity index (χ0n) is 10.8. The molecule has 20 heavy (non-hydrogen) atoms. The van der Waals surface area contributed by atoms with Gasteiger partial charge in [0.25, 0.3) is 0 Å². The number of carbonyl (C=O) groups is 1. The van der Waals surface area contributed by atoms with E-state index in [1.807, 2.05) is 18.2 Å². The normalized spacial score (nSPS) is 24.5. The van der Waals surface area contributed by atoms with Gasteiger partial charge in [0.2, 0.25) is 0 Å². The summed E-state index contributed by atoms with van der Waals surface area (Å²) in [5.41, 5.74) is 2.06. The predicted octanol–water partition coefficient (Wildman–Crippen LogP) is 1.91. The van der Waals surface area contributed by atoms with Gasteiger partial charge in [-0.05, 0) is 24.3 Å². The maximum atomic E-state index is 11.3. The number of rotatable bonds is 2. The molecule has 3 fully saturated rings. The number of carboxylic acid groups (broad SMARTS) is 1. The Labute approximate surface area is 115 Å². The van der Waals surface area contributed by atoms with E-state index >= 15 is 0 Å². The van der Waals surface area contributed by atoms with Crippen molar-refractivity contribution in [3.8, 4) is 0 Å². The van der Waals surface area contributed by atoms with Crippen LogP contribution < -0.4 is 4.90 Å². The van der Waals surface area contributed by atoms with Crippen molar-refractivity contribution in [1.82, 2.24) is 4.98 Å². The molecule has 2 bridgehead atoms. The fourth-order valence-corrected chi connectivity index (χ4v) is 3.08. The molecule has 1 aromatic heterocycles. The summed E-state index contributed by atoms with van der Waals surface area (Å²) in [6, 6.07) is 7.37. The average molecular weight is 270 g/mol. The summed E-state index contributed by atoms with van der Waals surface area (Å²) in [5, 5.41) is 9.96. The number of aromatic nitrogens is 1. The van der Waals surface area contributed by atoms with Gasteiger partial charge in [0, 0.05) is 36.8 Å². The van der Waals surface area contributed by atoms with Gasteiger partial charge < -0.3 is 14.7 Å². The van der Waals surface area contributed by atoms with Crippen molar-refractivity contribution in [2.24, 2.45) is 0 Å². The van der Waals surface area contributed by atoms with Crippen molar-refractivity contribution >= 4 is 22.6 Å². The number of anilines is 1. The van der Waals surface area contributed by atoms with Crippen LogP contribution in [0.2, 0.25) is 0 Å². The van der Waals surface area contributed by atoms with Crippen molar-refractivity contribution in [3.63, 3.8) is 0 Å². The summed E-state index contributed by atoms with van der Waals surface area (Å²) in [7, 11) is 0. The van der Waals surface area contributed by atoms with Crippen LogP contribution in [0.1, 0.15) is 16.8 Å². The molecule has 3 aliphatic heterocycles. The minimum Gasteiger partial charge on any atom is -0.478 e. The summed E-state index contributed by atoms with van der Waals surface area (Å²) >= 11 is 0. The van der Waals surface area contributed by atoms with Gasteiger partial charge in [0.15, 0.2) is 0 Å². The van der Waals surface area contributed by atoms with Gasteiger partial charge in [0.1, 0.15) is 0 Å². The molecule has 3 saturated heterocycles. The second-order valence-electron chi connectivity index (χ2n) is 5.39. The Hall–Kier alpha value is -2.14. The fourth-order valence-electron chi connectivity index (χ4n) is 3.08. The molecule has 0 aliphatic carbocycles. The van der Waals surface area contributed by atoms with Gasteiger partial charge in [-0.25, -0.2) is 4.79 Å². The van der Waals surface area contributed by atoms with Crippen LogP contribution in [0.25, 0.3) is 10.9 Å². The molecule has 1 N–H and O–H groups in total. The van der Waals surface area contributed by atoms with Crippen LogP contribution in [0.15, 0.2) is 30.5 Å². The third-order valence-corrected chi connectivity index (χ3v) is 4.08. The number of hydrogen-bond donors (Lipinski definition) is 1. The number of fused-ring (bicyclic) bond motifs is 3. The Kier molecular flexibility index (Phi) is 2.44. The van der Waals surface area contributed by atoms with E-state index in [9.17, 15) is 9.90 Å². The van der Waals surface area contributed by atoms with Crippen LogP contribution in [-0.4, -0.2) is 41.4 Å². The number of hydrogen-bond acceptors (Lipinski definition) is 4. The lowest BCUT2D eigenvalue weighted by molar-refractivity contribution is -0.133. The molecule has 2 atom stereocenters. The quantitative estimate of drug-likeness (QED) is 0.903. The van der Waals surface area contributed by atoms with Gasteiger partial charge in [-0.1, -0.05) is 0 Å². The highest BCUT2D eigenvalue weighted by Gasteiger charge is 2.38. The summed E-state index contributed by atoms with van der Waals surface area (Å²) < 4.78 is 5.63. The number of nitrogens with zero attached hydrogens (tertiary/aromatic N) is 2. The fraction of sp³-hybridized carbons (Fsp3) is 0.333. The molecule has 2 aromatic rings. The lowest BCUT2D eigenvalue weighted by Crippen LogP contribution is -2.57. The van der Waals surface area contributed by atoms with E-state index in [0.29, 0.717) is 28.7 Å². The Morgan fingerprint density at radius 1 is 1.30 bits per heavy atom. The summed E-state index contributed by atoms with van der Waals surface area (Å²) in [4.78, 5) is 17.8. The number of pyridine rings is 1. The number of aromatic carboxylic acids is 1. The largest absolute Gasteiger partial charge is 0.478 e. The Bertz CT molecular complexity index is 685. The highest BCUT2D eigenvalue weighted by Crippen LogP contribution is 2.32. The smallest absolute Gasteiger partial charge is 0.336 e. The maximum absolute atomic E-state index is 11.3. The van der Waals surface area contributed by atoms with Crippen molar-refractivity contribution in [2.75, 3.05) is 18.0 Å². The van der Waals surface area contributed by atoms with Gasteiger partial charge >= 0.3 is 5.97 Å². The SMILES string of the molecule is O=C(O)c1ccnc2ccc(N3CC4CC(C3)O4)cc12. The number of piperidine rings is 1. The van der Waals surface area contributed by atoms with Crippen LogP contribution in [0.3, 0.4) is 0 Å². The predicted molar refractivity (Wildman–Crippen MR) is 74.2 cm³/mol. The van der Waals surface area contributed by atoms with Crippen molar-refractivity contribution < 1.29 is 14.6 Å². The molecular formula is C15H14N2O3. The monoisotopic (exact) mass is 270 g/mol. The van der Waals surface area contributed by atoms with Crippen LogP contribution in [0, 0.1) is 0 Å². The highest BCUT2D eigenvalue weighted by molar-refractivity contribution is 6.03. The third-order valence-electron chi connectivity index (χ3n) is 4.08. The zero-order valence-corrected chi connectivity index (χ0v) is 10.8. The van der Waals surface area contributed by atoms with Crippen LogP contribution in [0.5, 0.6) is 0 Å². The number of benzene rings is 1. The van der Waals surface area contributed by atoms with E-state index in [1.54, 1.807) is 6.07 Å². The van der Waals surface area contributed by atoms with Crippen molar-refractivity contribution in [1.29, 1.82) is 0 Å². The first-order valence-electron chi connectivity index (χ1n) is 6.73. The first-order chi connectivity index (χ1) is 9.70. The minimum atomic E-state index is -0.917. The van der Waals surface area contributed by atoms with Crippen molar-refractivity contribution in [2.45, 2.75) is 18.6 Å². The molecule has 0 amide bonds. The topological polar surface area (TPSA) is 62.7 Å². The van der Waals surface area contributed by atoms with E-state index < -0.39 is 5.97 Å². The van der Waals surface area contributed by atoms with Crippen LogP contribution in [0.4, 0.5) is 5.69 Å². The summed E-state index contributed by atoms with van der Waals surface area (Å²) in [5.74, 6) is -0.917. The Morgan fingerprint density at radius 3 is 2.75 bits per heavy atom. The molecule has 102 valence electrons. The molecule has 3 aliphatic rings. The maximum Gasteiger partial charge on any atom is 0.336 e. The van der Waals surface area contributed by atoms with E-state index in [2.05, 4.69) is 9.88 Å². The van der Waals surface area contributed by atoms with Gasteiger partial charge in [0.05, 0.1) is 23.3 Å². The van der Waals surface area contributed by atoms with E-state index in [4.69, 9.17) is 4.74 Å². The van der Waals surface area contributed by atoms with E-state index in [0.717, 1.165) is 25.2 Å².